The number of hydrogen-bond donors (Lipinski definition) is 1. The van der Waals surface area contributed by atoms with Gasteiger partial charge in [-0.3, -0.25) is 0 Å². The van der Waals surface area contributed by atoms with E-state index in [0.717, 1.165) is 29.3 Å². The van der Waals surface area contributed by atoms with E-state index in [2.05, 4.69) is 15.0 Å². The lowest BCUT2D eigenvalue weighted by Crippen LogP contribution is -2.04. The average molecular weight is 259 g/mol. The van der Waals surface area contributed by atoms with Gasteiger partial charge < -0.3 is 9.72 Å². The second-order valence-corrected chi connectivity index (χ2v) is 5.47. The number of pyridine rings is 1. The molecule has 1 fully saturated rings. The molecule has 0 atom stereocenters. The second kappa shape index (κ2) is 5.59. The molecule has 1 aliphatic rings. The van der Waals surface area contributed by atoms with Crippen molar-refractivity contribution in [3.63, 3.8) is 0 Å². The Morgan fingerprint density at radius 1 is 1.16 bits per heavy atom. The quantitative estimate of drug-likeness (QED) is 0.858. The van der Waals surface area contributed by atoms with Crippen LogP contribution >= 0.6 is 0 Å². The van der Waals surface area contributed by atoms with Crippen LogP contribution in [-0.2, 0) is 6.42 Å². The van der Waals surface area contributed by atoms with Crippen molar-refractivity contribution in [3.05, 3.63) is 18.0 Å². The van der Waals surface area contributed by atoms with Crippen molar-refractivity contribution >= 4 is 11.2 Å². The van der Waals surface area contributed by atoms with Gasteiger partial charge in [0.15, 0.2) is 5.65 Å². The SMILES string of the molecule is COc1ccc2[nH]c(CC3CCCCCC3)nc2n1. The molecule has 2 aromatic heterocycles. The zero-order valence-corrected chi connectivity index (χ0v) is 11.5. The molecule has 0 aromatic carbocycles. The Hall–Kier alpha value is -1.58. The summed E-state index contributed by atoms with van der Waals surface area (Å²) in [6, 6.07) is 3.86. The van der Waals surface area contributed by atoms with Crippen molar-refractivity contribution in [1.82, 2.24) is 15.0 Å². The number of nitrogens with zero attached hydrogens (tertiary/aromatic N) is 2. The zero-order chi connectivity index (χ0) is 13.1. The van der Waals surface area contributed by atoms with Crippen molar-refractivity contribution in [2.45, 2.75) is 44.9 Å². The Bertz CT molecular complexity index is 541. The van der Waals surface area contributed by atoms with E-state index in [4.69, 9.17) is 4.74 Å². The predicted molar refractivity (Wildman–Crippen MR) is 75.3 cm³/mol. The standard InChI is InChI=1S/C15H21N3O/c1-19-14-9-8-12-15(18-14)17-13(16-12)10-11-6-4-2-3-5-7-11/h8-9,11H,2-7,10H2,1H3,(H,16,17,18). The van der Waals surface area contributed by atoms with Gasteiger partial charge in [-0.1, -0.05) is 38.5 Å². The number of fused-ring (bicyclic) bond motifs is 1. The summed E-state index contributed by atoms with van der Waals surface area (Å²) in [5.41, 5.74) is 1.77. The van der Waals surface area contributed by atoms with Gasteiger partial charge in [0, 0.05) is 12.5 Å². The molecule has 19 heavy (non-hydrogen) atoms. The van der Waals surface area contributed by atoms with Crippen molar-refractivity contribution in [1.29, 1.82) is 0 Å². The van der Waals surface area contributed by atoms with E-state index in [1.807, 2.05) is 12.1 Å². The molecule has 0 amide bonds. The fourth-order valence-corrected chi connectivity index (χ4v) is 2.98. The molecule has 102 valence electrons. The highest BCUT2D eigenvalue weighted by atomic mass is 16.5. The summed E-state index contributed by atoms with van der Waals surface area (Å²) in [5.74, 6) is 2.48. The zero-order valence-electron chi connectivity index (χ0n) is 11.5. The Balaban J connectivity index is 1.76. The lowest BCUT2D eigenvalue weighted by molar-refractivity contribution is 0.399. The first-order valence-electron chi connectivity index (χ1n) is 7.25. The van der Waals surface area contributed by atoms with Crippen LogP contribution in [-0.4, -0.2) is 22.1 Å². The highest BCUT2D eigenvalue weighted by molar-refractivity contribution is 5.71. The second-order valence-electron chi connectivity index (χ2n) is 5.47. The molecular weight excluding hydrogens is 238 g/mol. The van der Waals surface area contributed by atoms with Gasteiger partial charge in [0.2, 0.25) is 5.88 Å². The maximum Gasteiger partial charge on any atom is 0.215 e. The van der Waals surface area contributed by atoms with E-state index in [0.29, 0.717) is 5.88 Å². The smallest absolute Gasteiger partial charge is 0.215 e. The summed E-state index contributed by atoms with van der Waals surface area (Å²) in [4.78, 5) is 12.3. The van der Waals surface area contributed by atoms with Crippen LogP contribution in [0.5, 0.6) is 5.88 Å². The highest BCUT2D eigenvalue weighted by Crippen LogP contribution is 2.26. The molecule has 0 radical (unpaired) electrons. The number of nitrogens with one attached hydrogen (secondary N) is 1. The van der Waals surface area contributed by atoms with Crippen molar-refractivity contribution < 1.29 is 4.74 Å². The van der Waals surface area contributed by atoms with Crippen LogP contribution in [0.25, 0.3) is 11.2 Å². The lowest BCUT2D eigenvalue weighted by Gasteiger charge is -2.11. The molecule has 0 saturated heterocycles. The minimum atomic E-state index is 0.625. The van der Waals surface area contributed by atoms with E-state index in [-0.39, 0.29) is 0 Å². The normalized spacial score (nSPS) is 17.5. The van der Waals surface area contributed by atoms with Gasteiger partial charge in [-0.25, -0.2) is 4.98 Å². The van der Waals surface area contributed by atoms with Crippen LogP contribution in [0.4, 0.5) is 0 Å². The number of aromatic nitrogens is 3. The fraction of sp³-hybridized carbons (Fsp3) is 0.600. The molecule has 0 bridgehead atoms. The molecule has 2 heterocycles. The van der Waals surface area contributed by atoms with Gasteiger partial charge >= 0.3 is 0 Å². The molecule has 4 heteroatoms. The number of hydrogen-bond acceptors (Lipinski definition) is 3. The number of H-pyrrole nitrogens is 1. The molecular formula is C15H21N3O. The summed E-state index contributed by atoms with van der Waals surface area (Å²) in [6.45, 7) is 0. The third kappa shape index (κ3) is 2.88. The molecule has 1 saturated carbocycles. The lowest BCUT2D eigenvalue weighted by atomic mass is 9.96. The van der Waals surface area contributed by atoms with E-state index >= 15 is 0 Å². The maximum atomic E-state index is 5.13. The minimum Gasteiger partial charge on any atom is -0.481 e. The van der Waals surface area contributed by atoms with Crippen molar-refractivity contribution in [2.24, 2.45) is 5.92 Å². The average Bonchev–Trinajstić information content (AvgIpc) is 2.64. The summed E-state index contributed by atoms with van der Waals surface area (Å²) in [6.07, 6.45) is 9.28. The molecule has 1 N–H and O–H groups in total. The number of ether oxygens (including phenoxy) is 1. The first kappa shape index (κ1) is 12.5. The van der Waals surface area contributed by atoms with E-state index in [1.165, 1.54) is 38.5 Å². The summed E-state index contributed by atoms with van der Waals surface area (Å²) >= 11 is 0. The molecule has 0 unspecified atom stereocenters. The molecule has 2 aromatic rings. The Labute approximate surface area is 113 Å². The van der Waals surface area contributed by atoms with E-state index in [1.54, 1.807) is 7.11 Å². The largest absolute Gasteiger partial charge is 0.481 e. The van der Waals surface area contributed by atoms with E-state index < -0.39 is 0 Å². The topological polar surface area (TPSA) is 50.8 Å². The van der Waals surface area contributed by atoms with Crippen LogP contribution in [0.1, 0.15) is 44.3 Å². The van der Waals surface area contributed by atoms with Crippen LogP contribution in [0.3, 0.4) is 0 Å². The first-order valence-corrected chi connectivity index (χ1v) is 7.25. The Kier molecular flexibility index (Phi) is 3.67. The Morgan fingerprint density at radius 2 is 1.95 bits per heavy atom. The van der Waals surface area contributed by atoms with Gasteiger partial charge in [0.25, 0.3) is 0 Å². The summed E-state index contributed by atoms with van der Waals surface area (Å²) in [5, 5.41) is 0. The van der Waals surface area contributed by atoms with Gasteiger partial charge in [-0.2, -0.15) is 4.98 Å². The number of imidazole rings is 1. The first-order chi connectivity index (χ1) is 9.35. The van der Waals surface area contributed by atoms with Gasteiger partial charge in [0.1, 0.15) is 5.82 Å². The van der Waals surface area contributed by atoms with Gasteiger partial charge in [0.05, 0.1) is 12.6 Å². The monoisotopic (exact) mass is 259 g/mol. The molecule has 0 spiro atoms. The number of methoxy groups -OCH3 is 1. The third-order valence-electron chi connectivity index (χ3n) is 4.04. The van der Waals surface area contributed by atoms with E-state index in [9.17, 15) is 0 Å². The maximum absolute atomic E-state index is 5.13. The highest BCUT2D eigenvalue weighted by Gasteiger charge is 2.15. The van der Waals surface area contributed by atoms with Crippen molar-refractivity contribution in [2.75, 3.05) is 7.11 Å². The van der Waals surface area contributed by atoms with Gasteiger partial charge in [-0.15, -0.1) is 0 Å². The molecule has 3 rings (SSSR count). The summed E-state index contributed by atoms with van der Waals surface area (Å²) in [7, 11) is 1.63. The Morgan fingerprint density at radius 3 is 2.68 bits per heavy atom. The minimum absolute atomic E-state index is 0.625. The van der Waals surface area contributed by atoms with Crippen LogP contribution in [0.15, 0.2) is 12.1 Å². The number of aromatic amines is 1. The van der Waals surface area contributed by atoms with Gasteiger partial charge in [-0.05, 0) is 12.0 Å². The third-order valence-corrected chi connectivity index (χ3v) is 4.04. The molecule has 4 nitrogen and oxygen atoms in total. The number of rotatable bonds is 3. The molecule has 1 aliphatic carbocycles. The van der Waals surface area contributed by atoms with Crippen LogP contribution in [0, 0.1) is 5.92 Å². The van der Waals surface area contributed by atoms with Crippen LogP contribution in [0.2, 0.25) is 0 Å². The van der Waals surface area contributed by atoms with Crippen LogP contribution < -0.4 is 4.74 Å². The van der Waals surface area contributed by atoms with Crippen molar-refractivity contribution in [3.8, 4) is 5.88 Å². The predicted octanol–water partition coefficient (Wildman–Crippen LogP) is 3.48. The summed E-state index contributed by atoms with van der Waals surface area (Å²) < 4.78 is 5.13. The molecule has 0 aliphatic heterocycles. The fourth-order valence-electron chi connectivity index (χ4n) is 2.98.